The van der Waals surface area contributed by atoms with Gasteiger partial charge in [-0.3, -0.25) is 4.90 Å². The fourth-order valence-corrected chi connectivity index (χ4v) is 2.96. The van der Waals surface area contributed by atoms with E-state index in [1.165, 1.54) is 12.1 Å². The van der Waals surface area contributed by atoms with Crippen LogP contribution in [0.2, 0.25) is 0 Å². The normalized spacial score (nSPS) is 20.0. The fraction of sp³-hybridized carbons (Fsp3) is 0.571. The van der Waals surface area contributed by atoms with Crippen LogP contribution in [0.15, 0.2) is 22.7 Å². The van der Waals surface area contributed by atoms with Crippen molar-refractivity contribution in [2.45, 2.75) is 32.4 Å². The maximum Gasteiger partial charge on any atom is 0.124 e. The quantitative estimate of drug-likeness (QED) is 0.926. The van der Waals surface area contributed by atoms with Crippen molar-refractivity contribution in [1.29, 1.82) is 0 Å². The Kier molecular flexibility index (Phi) is 4.76. The second kappa shape index (κ2) is 6.13. The highest BCUT2D eigenvalue weighted by atomic mass is 79.9. The number of aliphatic hydroxyl groups is 1. The van der Waals surface area contributed by atoms with Crippen molar-refractivity contribution >= 4 is 15.9 Å². The number of hydrogen-bond donors (Lipinski definition) is 1. The molecule has 1 saturated heterocycles. The molecule has 0 saturated carbocycles. The molecular weight excluding hydrogens is 297 g/mol. The number of nitrogens with zero attached hydrogens (tertiary/aromatic N) is 1. The largest absolute Gasteiger partial charge is 0.393 e. The van der Waals surface area contributed by atoms with Crippen molar-refractivity contribution in [3.8, 4) is 0 Å². The van der Waals surface area contributed by atoms with Crippen LogP contribution in [0, 0.1) is 11.7 Å². The molecule has 4 heteroatoms. The number of hydrogen-bond acceptors (Lipinski definition) is 2. The summed E-state index contributed by atoms with van der Waals surface area (Å²) >= 11 is 3.40. The highest BCUT2D eigenvalue weighted by Gasteiger charge is 2.22. The van der Waals surface area contributed by atoms with E-state index in [9.17, 15) is 9.50 Å². The van der Waals surface area contributed by atoms with Crippen molar-refractivity contribution in [3.05, 3.63) is 34.1 Å². The molecule has 1 fully saturated rings. The molecule has 2 rings (SSSR count). The zero-order chi connectivity index (χ0) is 13.1. The molecule has 1 N–H and O–H groups in total. The molecular formula is C14H19BrFNO. The van der Waals surface area contributed by atoms with Gasteiger partial charge in [-0.1, -0.05) is 22.0 Å². The van der Waals surface area contributed by atoms with Crippen molar-refractivity contribution in [1.82, 2.24) is 4.90 Å². The first-order valence-corrected chi connectivity index (χ1v) is 7.20. The van der Waals surface area contributed by atoms with Crippen LogP contribution >= 0.6 is 15.9 Å². The summed E-state index contributed by atoms with van der Waals surface area (Å²) in [5.74, 6) is 0.219. The maximum atomic E-state index is 13.0. The third-order valence-corrected chi connectivity index (χ3v) is 4.46. The number of aliphatic hydroxyl groups excluding tert-OH is 1. The molecule has 1 aromatic carbocycles. The number of rotatable bonds is 3. The lowest BCUT2D eigenvalue weighted by atomic mass is 9.92. The van der Waals surface area contributed by atoms with Gasteiger partial charge in [0.25, 0.3) is 0 Å². The zero-order valence-electron chi connectivity index (χ0n) is 10.6. The molecule has 0 aromatic heterocycles. The topological polar surface area (TPSA) is 23.5 Å². The molecule has 1 aliphatic rings. The summed E-state index contributed by atoms with van der Waals surface area (Å²) in [6.45, 7) is 4.71. The van der Waals surface area contributed by atoms with E-state index in [2.05, 4.69) is 20.8 Å². The van der Waals surface area contributed by atoms with Gasteiger partial charge in [0, 0.05) is 11.0 Å². The zero-order valence-corrected chi connectivity index (χ0v) is 12.2. The van der Waals surface area contributed by atoms with Crippen molar-refractivity contribution in [2.24, 2.45) is 5.92 Å². The van der Waals surface area contributed by atoms with Gasteiger partial charge in [-0.25, -0.2) is 4.39 Å². The van der Waals surface area contributed by atoms with Crippen molar-refractivity contribution in [3.63, 3.8) is 0 Å². The Morgan fingerprint density at radius 2 is 2.11 bits per heavy atom. The van der Waals surface area contributed by atoms with E-state index in [1.807, 2.05) is 13.0 Å². The summed E-state index contributed by atoms with van der Waals surface area (Å²) in [5.41, 5.74) is 1.12. The SMILES string of the molecule is CC(O)C1CCN(Cc2ccc(F)cc2Br)CC1. The van der Waals surface area contributed by atoms with Crippen LogP contribution < -0.4 is 0 Å². The van der Waals surface area contributed by atoms with Gasteiger partial charge in [0.15, 0.2) is 0 Å². The molecule has 0 amide bonds. The molecule has 2 nitrogen and oxygen atoms in total. The highest BCUT2D eigenvalue weighted by Crippen LogP contribution is 2.24. The minimum Gasteiger partial charge on any atom is -0.393 e. The van der Waals surface area contributed by atoms with E-state index in [4.69, 9.17) is 0 Å². The second-order valence-corrected chi connectivity index (χ2v) is 5.94. The minimum atomic E-state index is -0.210. The second-order valence-electron chi connectivity index (χ2n) is 5.09. The minimum absolute atomic E-state index is 0.204. The first kappa shape index (κ1) is 14.0. The van der Waals surface area contributed by atoms with Crippen LogP contribution in [0.4, 0.5) is 4.39 Å². The van der Waals surface area contributed by atoms with Gasteiger partial charge >= 0.3 is 0 Å². The van der Waals surface area contributed by atoms with E-state index in [0.29, 0.717) is 5.92 Å². The van der Waals surface area contributed by atoms with Crippen molar-refractivity contribution in [2.75, 3.05) is 13.1 Å². The van der Waals surface area contributed by atoms with Gasteiger partial charge < -0.3 is 5.11 Å². The predicted molar refractivity (Wildman–Crippen MR) is 73.8 cm³/mol. The lowest BCUT2D eigenvalue weighted by molar-refractivity contribution is 0.0695. The lowest BCUT2D eigenvalue weighted by Gasteiger charge is -2.33. The summed E-state index contributed by atoms with van der Waals surface area (Å²) in [5, 5.41) is 9.56. The maximum absolute atomic E-state index is 13.0. The molecule has 1 aromatic rings. The first-order chi connectivity index (χ1) is 8.56. The van der Waals surface area contributed by atoms with Gasteiger partial charge in [-0.05, 0) is 56.5 Å². The monoisotopic (exact) mass is 315 g/mol. The summed E-state index contributed by atoms with van der Waals surface area (Å²) in [6.07, 6.45) is 1.87. The Balaban J connectivity index is 1.91. The summed E-state index contributed by atoms with van der Waals surface area (Å²) in [4.78, 5) is 2.36. The summed E-state index contributed by atoms with van der Waals surface area (Å²) in [6, 6.07) is 4.85. The molecule has 1 unspecified atom stereocenters. The Bertz CT molecular complexity index is 403. The van der Waals surface area contributed by atoms with Gasteiger partial charge in [-0.15, -0.1) is 0 Å². The van der Waals surface area contributed by atoms with Crippen molar-refractivity contribution < 1.29 is 9.50 Å². The molecule has 1 heterocycles. The Morgan fingerprint density at radius 3 is 2.67 bits per heavy atom. The molecule has 100 valence electrons. The number of piperidine rings is 1. The number of halogens is 2. The Labute approximate surface area is 116 Å². The number of benzene rings is 1. The summed E-state index contributed by atoms with van der Waals surface area (Å²) in [7, 11) is 0. The van der Waals surface area contributed by atoms with Gasteiger partial charge in [-0.2, -0.15) is 0 Å². The van der Waals surface area contributed by atoms with E-state index in [0.717, 1.165) is 42.5 Å². The number of likely N-dealkylation sites (tertiary alicyclic amines) is 1. The third-order valence-electron chi connectivity index (χ3n) is 3.72. The average molecular weight is 316 g/mol. The van der Waals surface area contributed by atoms with E-state index < -0.39 is 0 Å². The van der Waals surface area contributed by atoms with Crippen LogP contribution in [-0.2, 0) is 6.54 Å². The summed E-state index contributed by atoms with van der Waals surface area (Å²) < 4.78 is 13.8. The molecule has 0 spiro atoms. The fourth-order valence-electron chi connectivity index (χ4n) is 2.48. The van der Waals surface area contributed by atoms with E-state index in [1.54, 1.807) is 0 Å². The standard InChI is InChI=1S/C14H19BrFNO/c1-10(18)11-4-6-17(7-5-11)9-12-2-3-13(16)8-14(12)15/h2-3,8,10-11,18H,4-7,9H2,1H3. The van der Waals surface area contributed by atoms with Crippen LogP contribution in [-0.4, -0.2) is 29.2 Å². The van der Waals surface area contributed by atoms with Crippen LogP contribution in [0.25, 0.3) is 0 Å². The lowest BCUT2D eigenvalue weighted by Crippen LogP contribution is -2.36. The predicted octanol–water partition coefficient (Wildman–Crippen LogP) is 3.18. The molecule has 0 bridgehead atoms. The third kappa shape index (κ3) is 3.53. The van der Waals surface area contributed by atoms with Gasteiger partial charge in [0.05, 0.1) is 6.10 Å². The van der Waals surface area contributed by atoms with Crippen LogP contribution in [0.3, 0.4) is 0 Å². The average Bonchev–Trinajstić information content (AvgIpc) is 2.33. The molecule has 1 aliphatic heterocycles. The smallest absolute Gasteiger partial charge is 0.124 e. The van der Waals surface area contributed by atoms with Crippen LogP contribution in [0.1, 0.15) is 25.3 Å². The first-order valence-electron chi connectivity index (χ1n) is 6.40. The van der Waals surface area contributed by atoms with Gasteiger partial charge in [0.2, 0.25) is 0 Å². The van der Waals surface area contributed by atoms with Crippen LogP contribution in [0.5, 0.6) is 0 Å². The van der Waals surface area contributed by atoms with E-state index >= 15 is 0 Å². The molecule has 18 heavy (non-hydrogen) atoms. The Morgan fingerprint density at radius 1 is 1.44 bits per heavy atom. The molecule has 0 aliphatic carbocycles. The Hall–Kier alpha value is -0.450. The molecule has 0 radical (unpaired) electrons. The molecule has 1 atom stereocenters. The van der Waals surface area contributed by atoms with Gasteiger partial charge in [0.1, 0.15) is 5.82 Å². The highest BCUT2D eigenvalue weighted by molar-refractivity contribution is 9.10. The van der Waals surface area contributed by atoms with E-state index in [-0.39, 0.29) is 11.9 Å².